The van der Waals surface area contributed by atoms with Crippen LogP contribution in [0, 0.1) is 13.8 Å². The number of rotatable bonds is 6. The Balaban J connectivity index is 2.09. The summed E-state index contributed by atoms with van der Waals surface area (Å²) in [7, 11) is 0. The summed E-state index contributed by atoms with van der Waals surface area (Å²) in [6, 6.07) is 4.40. The SMILES string of the molecule is Cc1cc2cc(C(=O)NC(CCOC(C)(C)C)C(=O)O)oc2cc1C. The Hall–Kier alpha value is -2.34. The molecule has 6 heteroatoms. The number of nitrogens with one attached hydrogen (secondary N) is 1. The standard InChI is InChI=1S/C19H25NO5/c1-11-8-13-10-16(25-15(13)9-12(11)2)17(21)20-14(18(22)23)6-7-24-19(3,4)5/h8-10,14H,6-7H2,1-5H3,(H,20,21)(H,22,23). The van der Waals surface area contributed by atoms with Crippen LogP contribution < -0.4 is 5.32 Å². The summed E-state index contributed by atoms with van der Waals surface area (Å²) in [4.78, 5) is 23.7. The molecule has 1 aromatic carbocycles. The van der Waals surface area contributed by atoms with Crippen molar-refractivity contribution in [3.63, 3.8) is 0 Å². The summed E-state index contributed by atoms with van der Waals surface area (Å²) >= 11 is 0. The van der Waals surface area contributed by atoms with Crippen molar-refractivity contribution in [1.29, 1.82) is 0 Å². The van der Waals surface area contributed by atoms with Gasteiger partial charge in [-0.3, -0.25) is 4.79 Å². The molecule has 0 saturated heterocycles. The number of carbonyl (C=O) groups excluding carboxylic acids is 1. The number of ether oxygens (including phenoxy) is 1. The van der Waals surface area contributed by atoms with E-state index in [1.54, 1.807) is 6.07 Å². The first-order valence-electron chi connectivity index (χ1n) is 8.25. The molecular formula is C19H25NO5. The number of fused-ring (bicyclic) bond motifs is 1. The van der Waals surface area contributed by atoms with Crippen molar-refractivity contribution in [2.75, 3.05) is 6.61 Å². The van der Waals surface area contributed by atoms with Crippen LogP contribution in [0.25, 0.3) is 11.0 Å². The van der Waals surface area contributed by atoms with Crippen LogP contribution in [0.15, 0.2) is 22.6 Å². The van der Waals surface area contributed by atoms with E-state index in [9.17, 15) is 14.7 Å². The Morgan fingerprint density at radius 3 is 2.44 bits per heavy atom. The Morgan fingerprint density at radius 2 is 1.84 bits per heavy atom. The molecule has 0 radical (unpaired) electrons. The summed E-state index contributed by atoms with van der Waals surface area (Å²) in [6.07, 6.45) is 0.177. The van der Waals surface area contributed by atoms with E-state index in [-0.39, 0.29) is 24.4 Å². The largest absolute Gasteiger partial charge is 0.480 e. The quantitative estimate of drug-likeness (QED) is 0.835. The number of aryl methyl sites for hydroxylation is 2. The summed E-state index contributed by atoms with van der Waals surface area (Å²) in [6.45, 7) is 9.85. The van der Waals surface area contributed by atoms with Crippen molar-refractivity contribution in [3.8, 4) is 0 Å². The van der Waals surface area contributed by atoms with E-state index in [0.717, 1.165) is 16.5 Å². The molecule has 1 unspecified atom stereocenters. The average molecular weight is 347 g/mol. The van der Waals surface area contributed by atoms with E-state index in [1.165, 1.54) is 0 Å². The van der Waals surface area contributed by atoms with Crippen LogP contribution in [0.4, 0.5) is 0 Å². The van der Waals surface area contributed by atoms with Crippen LogP contribution in [0.5, 0.6) is 0 Å². The molecule has 1 aromatic heterocycles. The highest BCUT2D eigenvalue weighted by Gasteiger charge is 2.23. The molecule has 2 aromatic rings. The number of hydrogen-bond acceptors (Lipinski definition) is 4. The first-order chi connectivity index (χ1) is 11.6. The highest BCUT2D eigenvalue weighted by atomic mass is 16.5. The van der Waals surface area contributed by atoms with Gasteiger partial charge < -0.3 is 19.6 Å². The smallest absolute Gasteiger partial charge is 0.326 e. The van der Waals surface area contributed by atoms with E-state index in [1.807, 2.05) is 46.8 Å². The average Bonchev–Trinajstić information content (AvgIpc) is 2.88. The molecule has 1 amide bonds. The molecule has 2 rings (SSSR count). The summed E-state index contributed by atoms with van der Waals surface area (Å²) < 4.78 is 11.1. The van der Waals surface area contributed by atoms with Gasteiger partial charge in [-0.05, 0) is 63.9 Å². The molecule has 0 fully saturated rings. The second kappa shape index (κ2) is 7.27. The summed E-state index contributed by atoms with van der Waals surface area (Å²) in [5.41, 5.74) is 2.41. The molecular weight excluding hydrogens is 322 g/mol. The van der Waals surface area contributed by atoms with Crippen LogP contribution in [-0.2, 0) is 9.53 Å². The predicted octanol–water partition coefficient (Wildman–Crippen LogP) is 3.44. The van der Waals surface area contributed by atoms with E-state index in [2.05, 4.69) is 5.32 Å². The number of amides is 1. The Bertz CT molecular complexity index is 746. The predicted molar refractivity (Wildman–Crippen MR) is 94.9 cm³/mol. The van der Waals surface area contributed by atoms with Crippen LogP contribution in [0.2, 0.25) is 0 Å². The number of benzene rings is 1. The monoisotopic (exact) mass is 347 g/mol. The molecule has 0 aliphatic rings. The van der Waals surface area contributed by atoms with Gasteiger partial charge in [0.15, 0.2) is 5.76 Å². The lowest BCUT2D eigenvalue weighted by atomic mass is 10.1. The zero-order valence-corrected chi connectivity index (χ0v) is 15.3. The van der Waals surface area contributed by atoms with Gasteiger partial charge >= 0.3 is 5.97 Å². The Kier molecular flexibility index (Phi) is 5.52. The molecule has 0 aliphatic heterocycles. The fraction of sp³-hybridized carbons (Fsp3) is 0.474. The minimum Gasteiger partial charge on any atom is -0.480 e. The summed E-state index contributed by atoms with van der Waals surface area (Å²) in [5.74, 6) is -1.55. The Morgan fingerprint density at radius 1 is 1.20 bits per heavy atom. The number of carbonyl (C=O) groups is 2. The highest BCUT2D eigenvalue weighted by Crippen LogP contribution is 2.23. The van der Waals surface area contributed by atoms with Crippen LogP contribution in [0.1, 0.15) is 48.9 Å². The number of carboxylic acids is 1. The maximum atomic E-state index is 12.4. The molecule has 0 spiro atoms. The van der Waals surface area contributed by atoms with Gasteiger partial charge in [0.1, 0.15) is 11.6 Å². The van der Waals surface area contributed by atoms with Gasteiger partial charge in [0.2, 0.25) is 0 Å². The normalized spacial score (nSPS) is 13.0. The number of carboxylic acid groups (broad SMARTS) is 1. The third kappa shape index (κ3) is 5.06. The lowest BCUT2D eigenvalue weighted by molar-refractivity contribution is -0.140. The second-order valence-corrected chi connectivity index (χ2v) is 7.20. The third-order valence-corrected chi connectivity index (χ3v) is 3.90. The van der Waals surface area contributed by atoms with E-state index in [4.69, 9.17) is 9.15 Å². The van der Waals surface area contributed by atoms with Gasteiger partial charge in [-0.25, -0.2) is 4.79 Å². The molecule has 1 atom stereocenters. The number of hydrogen-bond donors (Lipinski definition) is 2. The van der Waals surface area contributed by atoms with E-state index >= 15 is 0 Å². The van der Waals surface area contributed by atoms with Crippen molar-refractivity contribution in [2.45, 2.75) is 52.7 Å². The van der Waals surface area contributed by atoms with Gasteiger partial charge in [-0.15, -0.1) is 0 Å². The summed E-state index contributed by atoms with van der Waals surface area (Å²) in [5, 5.41) is 12.6. The fourth-order valence-corrected chi connectivity index (χ4v) is 2.38. The van der Waals surface area contributed by atoms with Crippen LogP contribution in [-0.4, -0.2) is 35.2 Å². The number of aliphatic carboxylic acids is 1. The first-order valence-corrected chi connectivity index (χ1v) is 8.25. The maximum Gasteiger partial charge on any atom is 0.326 e. The first kappa shape index (κ1) is 19.0. The zero-order valence-electron chi connectivity index (χ0n) is 15.3. The van der Waals surface area contributed by atoms with Gasteiger partial charge in [-0.2, -0.15) is 0 Å². The molecule has 0 aliphatic carbocycles. The van der Waals surface area contributed by atoms with E-state index in [0.29, 0.717) is 5.58 Å². The van der Waals surface area contributed by atoms with Gasteiger partial charge in [0, 0.05) is 18.4 Å². The van der Waals surface area contributed by atoms with Crippen molar-refractivity contribution in [3.05, 3.63) is 35.1 Å². The molecule has 1 heterocycles. The maximum absolute atomic E-state index is 12.4. The molecule has 0 saturated carbocycles. The zero-order chi connectivity index (χ0) is 18.8. The lowest BCUT2D eigenvalue weighted by Gasteiger charge is -2.21. The van der Waals surface area contributed by atoms with Gasteiger partial charge in [0.05, 0.1) is 5.60 Å². The fourth-order valence-electron chi connectivity index (χ4n) is 2.38. The molecule has 136 valence electrons. The second-order valence-electron chi connectivity index (χ2n) is 7.20. The Labute approximate surface area is 147 Å². The number of furan rings is 1. The highest BCUT2D eigenvalue weighted by molar-refractivity contribution is 5.98. The van der Waals surface area contributed by atoms with Crippen molar-refractivity contribution >= 4 is 22.8 Å². The topological polar surface area (TPSA) is 88.8 Å². The molecule has 0 bridgehead atoms. The van der Waals surface area contributed by atoms with Crippen LogP contribution >= 0.6 is 0 Å². The lowest BCUT2D eigenvalue weighted by Crippen LogP contribution is -2.41. The van der Waals surface area contributed by atoms with Crippen LogP contribution in [0.3, 0.4) is 0 Å². The van der Waals surface area contributed by atoms with E-state index < -0.39 is 17.9 Å². The van der Waals surface area contributed by atoms with Crippen molar-refractivity contribution in [1.82, 2.24) is 5.32 Å². The minimum absolute atomic E-state index is 0.1000. The molecule has 25 heavy (non-hydrogen) atoms. The third-order valence-electron chi connectivity index (χ3n) is 3.90. The van der Waals surface area contributed by atoms with Crippen molar-refractivity contribution in [2.24, 2.45) is 0 Å². The van der Waals surface area contributed by atoms with Crippen molar-refractivity contribution < 1.29 is 23.8 Å². The molecule has 2 N–H and O–H groups in total. The van der Waals surface area contributed by atoms with Gasteiger partial charge in [-0.1, -0.05) is 0 Å². The molecule has 6 nitrogen and oxygen atoms in total. The minimum atomic E-state index is -1.10. The van der Waals surface area contributed by atoms with Gasteiger partial charge in [0.25, 0.3) is 5.91 Å².